The fourth-order valence-electron chi connectivity index (χ4n) is 3.77. The van der Waals surface area contributed by atoms with E-state index in [0.29, 0.717) is 55.4 Å². The molecule has 196 valence electrons. The van der Waals surface area contributed by atoms with Crippen molar-refractivity contribution in [1.82, 2.24) is 24.7 Å². The van der Waals surface area contributed by atoms with Crippen molar-refractivity contribution < 1.29 is 14.4 Å². The van der Waals surface area contributed by atoms with Gasteiger partial charge in [0.15, 0.2) is 5.57 Å². The van der Waals surface area contributed by atoms with E-state index in [4.69, 9.17) is 0 Å². The molecule has 3 N–H and O–H groups in total. The van der Waals surface area contributed by atoms with Gasteiger partial charge in [-0.3, -0.25) is 28.6 Å². The number of carbonyl (C=O) groups is 3. The van der Waals surface area contributed by atoms with Gasteiger partial charge in [0.1, 0.15) is 26.9 Å². The Kier molecular flexibility index (Phi) is 9.53. The van der Waals surface area contributed by atoms with Crippen LogP contribution < -0.4 is 30.7 Å². The predicted molar refractivity (Wildman–Crippen MR) is 141 cm³/mol. The molecule has 13 heteroatoms. The number of amides is 3. The van der Waals surface area contributed by atoms with Gasteiger partial charge in [-0.25, -0.2) is 4.98 Å². The van der Waals surface area contributed by atoms with Gasteiger partial charge in [0.2, 0.25) is 11.8 Å². The molecule has 3 amide bonds. The molecule has 2 aromatic heterocycles. The minimum atomic E-state index is -0.529. The summed E-state index contributed by atoms with van der Waals surface area (Å²) in [7, 11) is 0. The first-order valence-corrected chi connectivity index (χ1v) is 12.7. The third-order valence-electron chi connectivity index (χ3n) is 5.67. The zero-order valence-corrected chi connectivity index (χ0v) is 21.9. The van der Waals surface area contributed by atoms with Crippen molar-refractivity contribution in [3.8, 4) is 6.07 Å². The van der Waals surface area contributed by atoms with Gasteiger partial charge in [-0.2, -0.15) is 5.26 Å². The molecule has 37 heavy (non-hydrogen) atoms. The highest BCUT2D eigenvalue weighted by Gasteiger charge is 2.20. The highest BCUT2D eigenvalue weighted by Crippen LogP contribution is 2.10. The third kappa shape index (κ3) is 7.02. The second kappa shape index (κ2) is 12.8. The number of piperazine rings is 1. The second-order valence-corrected chi connectivity index (χ2v) is 9.22. The molecule has 0 spiro atoms. The topological polar surface area (TPSA) is 152 Å². The largest absolute Gasteiger partial charge is 0.352 e. The molecule has 1 aliphatic rings. The SMILES string of the molecule is CCNC(=O)C(C#N)=c1sc(=CNc2cccc(NC(=O)CN3CCN(C(C)=O)CC3)n2)c(=O)n1CC. The van der Waals surface area contributed by atoms with Gasteiger partial charge in [-0.05, 0) is 26.0 Å². The summed E-state index contributed by atoms with van der Waals surface area (Å²) in [5.41, 5.74) is -0.447. The van der Waals surface area contributed by atoms with Gasteiger partial charge in [0.05, 0.1) is 6.54 Å². The van der Waals surface area contributed by atoms with Crippen LogP contribution in [0.25, 0.3) is 11.8 Å². The molecule has 0 bridgehead atoms. The van der Waals surface area contributed by atoms with E-state index in [1.54, 1.807) is 36.9 Å². The number of carbonyl (C=O) groups excluding carboxylic acids is 3. The molecule has 0 aromatic carbocycles. The van der Waals surface area contributed by atoms with E-state index >= 15 is 0 Å². The van der Waals surface area contributed by atoms with E-state index in [1.807, 2.05) is 11.0 Å². The lowest BCUT2D eigenvalue weighted by atomic mass is 10.3. The van der Waals surface area contributed by atoms with Crippen LogP contribution in [0.4, 0.5) is 11.6 Å². The quantitative estimate of drug-likeness (QED) is 0.400. The first-order chi connectivity index (χ1) is 17.8. The maximum absolute atomic E-state index is 12.8. The number of rotatable bonds is 8. The number of pyridine rings is 1. The van der Waals surface area contributed by atoms with Gasteiger partial charge < -0.3 is 20.9 Å². The highest BCUT2D eigenvalue weighted by atomic mass is 32.1. The van der Waals surface area contributed by atoms with Gasteiger partial charge in [0.25, 0.3) is 11.5 Å². The molecule has 1 fully saturated rings. The Morgan fingerprint density at radius 1 is 1.16 bits per heavy atom. The van der Waals surface area contributed by atoms with Crippen LogP contribution in [0.1, 0.15) is 20.8 Å². The van der Waals surface area contributed by atoms with Gasteiger partial charge in [-0.1, -0.05) is 6.07 Å². The zero-order valence-electron chi connectivity index (χ0n) is 21.0. The average molecular weight is 527 g/mol. The minimum Gasteiger partial charge on any atom is -0.352 e. The molecule has 1 saturated heterocycles. The maximum atomic E-state index is 12.8. The summed E-state index contributed by atoms with van der Waals surface area (Å²) in [5.74, 6) is 0.0354. The summed E-state index contributed by atoms with van der Waals surface area (Å²) in [6.45, 7) is 8.34. The minimum absolute atomic E-state index is 0.0347. The van der Waals surface area contributed by atoms with Crippen molar-refractivity contribution in [2.75, 3.05) is 49.9 Å². The van der Waals surface area contributed by atoms with Crippen molar-refractivity contribution in [3.05, 3.63) is 37.7 Å². The van der Waals surface area contributed by atoms with Crippen molar-refractivity contribution in [2.24, 2.45) is 0 Å². The Balaban J connectivity index is 1.73. The number of hydrogen-bond acceptors (Lipinski definition) is 9. The van der Waals surface area contributed by atoms with E-state index in [-0.39, 0.29) is 34.2 Å². The molecule has 0 atom stereocenters. The molecule has 12 nitrogen and oxygen atoms in total. The van der Waals surface area contributed by atoms with Crippen molar-refractivity contribution in [3.63, 3.8) is 0 Å². The first-order valence-electron chi connectivity index (χ1n) is 11.9. The van der Waals surface area contributed by atoms with Crippen LogP contribution >= 0.6 is 11.3 Å². The normalized spacial score (nSPS) is 15.1. The molecular formula is C24H30N8O4S. The van der Waals surface area contributed by atoms with Gasteiger partial charge in [0, 0.05) is 52.4 Å². The Labute approximate surface area is 217 Å². The summed E-state index contributed by atoms with van der Waals surface area (Å²) in [6, 6.07) is 6.95. The lowest BCUT2D eigenvalue weighted by Crippen LogP contribution is -2.49. The Morgan fingerprint density at radius 2 is 1.86 bits per heavy atom. The number of nitrogens with one attached hydrogen (secondary N) is 3. The molecule has 0 radical (unpaired) electrons. The zero-order chi connectivity index (χ0) is 26.9. The van der Waals surface area contributed by atoms with E-state index < -0.39 is 5.91 Å². The van der Waals surface area contributed by atoms with Crippen LogP contribution in [-0.4, -0.2) is 76.3 Å². The Morgan fingerprint density at radius 3 is 2.49 bits per heavy atom. The van der Waals surface area contributed by atoms with E-state index in [1.165, 1.54) is 17.7 Å². The monoisotopic (exact) mass is 526 g/mol. The lowest BCUT2D eigenvalue weighted by Gasteiger charge is -2.33. The maximum Gasteiger partial charge on any atom is 0.270 e. The summed E-state index contributed by atoms with van der Waals surface area (Å²) in [6.07, 6.45) is 1.47. The van der Waals surface area contributed by atoms with E-state index in [9.17, 15) is 24.4 Å². The molecule has 0 saturated carbocycles. The molecular weight excluding hydrogens is 496 g/mol. The summed E-state index contributed by atoms with van der Waals surface area (Å²) >= 11 is 1.04. The molecule has 3 rings (SSSR count). The molecule has 3 heterocycles. The van der Waals surface area contributed by atoms with E-state index in [2.05, 4.69) is 20.9 Å². The second-order valence-electron chi connectivity index (χ2n) is 8.19. The predicted octanol–water partition coefficient (Wildman–Crippen LogP) is -0.912. The molecule has 0 unspecified atom stereocenters. The standard InChI is InChI=1S/C24H30N8O4S/c1-4-26-22(35)17(13-25)24-32(5-2)23(36)18(37-24)14-27-19-7-6-8-20(28-19)29-21(34)15-30-9-11-31(12-10-30)16(3)33/h6-8,14H,4-5,9-12,15H2,1-3H3,(H,26,35)(H2,27,28,29,34). The summed E-state index contributed by atoms with van der Waals surface area (Å²) < 4.78 is 1.97. The van der Waals surface area contributed by atoms with Gasteiger partial charge >= 0.3 is 0 Å². The van der Waals surface area contributed by atoms with Crippen LogP contribution in [0.3, 0.4) is 0 Å². The number of aromatic nitrogens is 2. The molecule has 1 aliphatic heterocycles. The number of nitriles is 1. The highest BCUT2D eigenvalue weighted by molar-refractivity contribution is 7.07. The summed E-state index contributed by atoms with van der Waals surface area (Å²) in [4.78, 5) is 57.2. The first kappa shape index (κ1) is 27.6. The third-order valence-corrected chi connectivity index (χ3v) is 6.80. The van der Waals surface area contributed by atoms with Crippen LogP contribution in [0, 0.1) is 11.3 Å². The fourth-order valence-corrected chi connectivity index (χ4v) is 4.85. The Hall–Kier alpha value is -4.02. The van der Waals surface area contributed by atoms with Gasteiger partial charge in [-0.15, -0.1) is 11.3 Å². The number of nitrogens with zero attached hydrogens (tertiary/aromatic N) is 5. The lowest BCUT2D eigenvalue weighted by molar-refractivity contribution is -0.130. The molecule has 0 aliphatic carbocycles. The van der Waals surface area contributed by atoms with Crippen LogP contribution in [0.5, 0.6) is 0 Å². The van der Waals surface area contributed by atoms with E-state index in [0.717, 1.165) is 11.3 Å². The number of thiazole rings is 1. The van der Waals surface area contributed by atoms with Crippen molar-refractivity contribution in [1.29, 1.82) is 5.26 Å². The average Bonchev–Trinajstić information content (AvgIpc) is 3.18. The smallest absolute Gasteiger partial charge is 0.270 e. The fraction of sp³-hybridized carbons (Fsp3) is 0.417. The van der Waals surface area contributed by atoms with Crippen LogP contribution in [0.2, 0.25) is 0 Å². The van der Waals surface area contributed by atoms with Crippen molar-refractivity contribution >= 4 is 52.5 Å². The Bertz CT molecular complexity index is 1380. The van der Waals surface area contributed by atoms with Crippen molar-refractivity contribution in [2.45, 2.75) is 27.3 Å². The van der Waals surface area contributed by atoms with Crippen LogP contribution in [-0.2, 0) is 20.9 Å². The number of hydrogen-bond donors (Lipinski definition) is 3. The summed E-state index contributed by atoms with van der Waals surface area (Å²) in [5, 5.41) is 17.8. The number of anilines is 2. The van der Waals surface area contributed by atoms with Crippen LogP contribution in [0.15, 0.2) is 23.0 Å². The molecule has 2 aromatic rings.